The molecule has 0 aromatic carbocycles. The van der Waals surface area contributed by atoms with E-state index in [9.17, 15) is 4.79 Å². The Morgan fingerprint density at radius 2 is 2.43 bits per heavy atom. The second-order valence-corrected chi connectivity index (χ2v) is 1.23. The Morgan fingerprint density at radius 3 is 2.57 bits per heavy atom. The minimum Gasteiger partial charge on any atom is -0.284 e. The normalized spacial score (nSPS) is 8.29. The number of hydrazine groups is 1. The molecule has 0 fully saturated rings. The largest absolute Gasteiger partial charge is 0.284 e. The van der Waals surface area contributed by atoms with Crippen molar-refractivity contribution >= 4 is 6.41 Å². The Kier molecular flexibility index (Phi) is 3.32. The van der Waals surface area contributed by atoms with Crippen LogP contribution < -0.4 is 5.43 Å². The maximum atomic E-state index is 9.76. The molecule has 0 saturated carbocycles. The van der Waals surface area contributed by atoms with Crippen LogP contribution in [0, 0.1) is 0 Å². The van der Waals surface area contributed by atoms with Crippen molar-refractivity contribution in [2.75, 3.05) is 13.6 Å². The maximum absolute atomic E-state index is 9.76. The number of amides is 1. The molecule has 0 spiro atoms. The smallest absolute Gasteiger partial charge is 0.223 e. The van der Waals surface area contributed by atoms with Crippen LogP contribution in [0.1, 0.15) is 6.92 Å². The first-order valence-corrected chi connectivity index (χ1v) is 2.23. The molecule has 1 N–H and O–H groups in total. The van der Waals surface area contributed by atoms with Crippen molar-refractivity contribution in [3.05, 3.63) is 0 Å². The van der Waals surface area contributed by atoms with Crippen LogP contribution in [0.5, 0.6) is 0 Å². The van der Waals surface area contributed by atoms with Gasteiger partial charge >= 0.3 is 0 Å². The summed E-state index contributed by atoms with van der Waals surface area (Å²) in [6.45, 7) is 2.72. The van der Waals surface area contributed by atoms with Crippen molar-refractivity contribution in [2.45, 2.75) is 6.92 Å². The zero-order valence-corrected chi connectivity index (χ0v) is 4.64. The zero-order valence-electron chi connectivity index (χ0n) is 4.64. The fraction of sp³-hybridized carbons (Fsp3) is 0.750. The van der Waals surface area contributed by atoms with Crippen LogP contribution in [0.3, 0.4) is 0 Å². The highest BCUT2D eigenvalue weighted by atomic mass is 16.1. The second kappa shape index (κ2) is 3.61. The van der Waals surface area contributed by atoms with Crippen molar-refractivity contribution < 1.29 is 4.79 Å². The molecule has 0 aliphatic carbocycles. The summed E-state index contributed by atoms with van der Waals surface area (Å²) in [5.41, 5.74) is 2.76. The van der Waals surface area contributed by atoms with Crippen LogP contribution in [0.25, 0.3) is 0 Å². The highest BCUT2D eigenvalue weighted by Crippen LogP contribution is 1.59. The Morgan fingerprint density at radius 1 is 1.86 bits per heavy atom. The Labute approximate surface area is 43.3 Å². The number of nitrogens with one attached hydrogen (secondary N) is 1. The lowest BCUT2D eigenvalue weighted by atomic mass is 10.8. The minimum atomic E-state index is 0.726. The summed E-state index contributed by atoms with van der Waals surface area (Å²) in [6.07, 6.45) is 0.726. The number of carbonyl (C=O) groups is 1. The van der Waals surface area contributed by atoms with Crippen LogP contribution in [0.2, 0.25) is 0 Å². The lowest BCUT2D eigenvalue weighted by Crippen LogP contribution is -2.32. The van der Waals surface area contributed by atoms with E-state index < -0.39 is 0 Å². The summed E-state index contributed by atoms with van der Waals surface area (Å²) in [6, 6.07) is 0. The fourth-order valence-electron chi connectivity index (χ4n) is 0.287. The van der Waals surface area contributed by atoms with Gasteiger partial charge in [-0.25, -0.2) is 5.43 Å². The van der Waals surface area contributed by atoms with Gasteiger partial charge in [0.05, 0.1) is 0 Å². The molecule has 0 saturated heterocycles. The first-order chi connectivity index (χ1) is 3.31. The van der Waals surface area contributed by atoms with Gasteiger partial charge in [-0.05, 0) is 0 Å². The third kappa shape index (κ3) is 3.26. The van der Waals surface area contributed by atoms with Crippen molar-refractivity contribution in [3.63, 3.8) is 0 Å². The van der Waals surface area contributed by atoms with E-state index in [0.29, 0.717) is 0 Å². The molecule has 42 valence electrons. The molecule has 0 aliphatic heterocycles. The van der Waals surface area contributed by atoms with Crippen LogP contribution >= 0.6 is 0 Å². The van der Waals surface area contributed by atoms with Crippen LogP contribution in [-0.4, -0.2) is 25.0 Å². The second-order valence-electron chi connectivity index (χ2n) is 1.23. The monoisotopic (exact) mass is 102 g/mol. The molecule has 0 aromatic rings. The highest BCUT2D eigenvalue weighted by molar-refractivity contribution is 5.45. The predicted molar refractivity (Wildman–Crippen MR) is 27.5 cm³/mol. The lowest BCUT2D eigenvalue weighted by molar-refractivity contribution is -0.119. The van der Waals surface area contributed by atoms with E-state index in [1.165, 1.54) is 5.01 Å². The van der Waals surface area contributed by atoms with Gasteiger partial charge in [-0.15, -0.1) is 0 Å². The van der Waals surface area contributed by atoms with Gasteiger partial charge < -0.3 is 0 Å². The van der Waals surface area contributed by atoms with E-state index in [4.69, 9.17) is 0 Å². The van der Waals surface area contributed by atoms with Gasteiger partial charge in [-0.3, -0.25) is 9.80 Å². The standard InChI is InChI=1S/C4H10N2O/c1-3-5-6(2)4-7/h4-5H,3H2,1-2H3. The summed E-state index contributed by atoms with van der Waals surface area (Å²) in [5.74, 6) is 0. The van der Waals surface area contributed by atoms with Crippen LogP contribution in [-0.2, 0) is 4.79 Å². The molecule has 0 rings (SSSR count). The van der Waals surface area contributed by atoms with Crippen molar-refractivity contribution in [1.82, 2.24) is 10.4 Å². The van der Waals surface area contributed by atoms with Crippen LogP contribution in [0.4, 0.5) is 0 Å². The molecule has 3 nitrogen and oxygen atoms in total. The van der Waals surface area contributed by atoms with Gasteiger partial charge in [-0.2, -0.15) is 0 Å². The van der Waals surface area contributed by atoms with Gasteiger partial charge in [0.2, 0.25) is 6.41 Å². The van der Waals surface area contributed by atoms with Gasteiger partial charge in [0.15, 0.2) is 0 Å². The number of rotatable bonds is 3. The van der Waals surface area contributed by atoms with E-state index >= 15 is 0 Å². The van der Waals surface area contributed by atoms with Gasteiger partial charge in [0.25, 0.3) is 0 Å². The molecular formula is C4H10N2O. The third-order valence-electron chi connectivity index (χ3n) is 0.566. The molecule has 0 unspecified atom stereocenters. The van der Waals surface area contributed by atoms with Gasteiger partial charge in [-0.1, -0.05) is 6.92 Å². The number of nitrogens with zero attached hydrogens (tertiary/aromatic N) is 1. The summed E-state index contributed by atoms with van der Waals surface area (Å²) >= 11 is 0. The predicted octanol–water partition coefficient (Wildman–Crippen LogP) is -0.401. The van der Waals surface area contributed by atoms with E-state index in [2.05, 4.69) is 5.43 Å². The van der Waals surface area contributed by atoms with E-state index in [0.717, 1.165) is 13.0 Å². The summed E-state index contributed by atoms with van der Waals surface area (Å²) in [4.78, 5) is 9.76. The average molecular weight is 102 g/mol. The Hall–Kier alpha value is -0.570. The SMILES string of the molecule is CCNN(C)C=O. The Bertz CT molecular complexity index is 55.7. The third-order valence-corrected chi connectivity index (χ3v) is 0.566. The first kappa shape index (κ1) is 6.43. The summed E-state index contributed by atoms with van der Waals surface area (Å²) < 4.78 is 0. The lowest BCUT2D eigenvalue weighted by Gasteiger charge is -2.08. The summed E-state index contributed by atoms with van der Waals surface area (Å²) in [7, 11) is 1.66. The molecule has 0 heterocycles. The van der Waals surface area contributed by atoms with Crippen molar-refractivity contribution in [1.29, 1.82) is 0 Å². The van der Waals surface area contributed by atoms with E-state index in [1.54, 1.807) is 7.05 Å². The molecule has 0 aromatic heterocycles. The minimum absolute atomic E-state index is 0.726. The number of hydrogen-bond donors (Lipinski definition) is 1. The molecule has 0 atom stereocenters. The van der Waals surface area contributed by atoms with E-state index in [1.807, 2.05) is 6.92 Å². The zero-order chi connectivity index (χ0) is 5.70. The van der Waals surface area contributed by atoms with E-state index in [-0.39, 0.29) is 0 Å². The molecule has 0 radical (unpaired) electrons. The fourth-order valence-corrected chi connectivity index (χ4v) is 0.287. The van der Waals surface area contributed by atoms with Gasteiger partial charge in [0, 0.05) is 13.6 Å². The average Bonchev–Trinajstić information content (AvgIpc) is 1.68. The van der Waals surface area contributed by atoms with Crippen LogP contribution in [0.15, 0.2) is 0 Å². The highest BCUT2D eigenvalue weighted by Gasteiger charge is 1.82. The van der Waals surface area contributed by atoms with Crippen molar-refractivity contribution in [3.8, 4) is 0 Å². The van der Waals surface area contributed by atoms with Gasteiger partial charge in [0.1, 0.15) is 0 Å². The summed E-state index contributed by atoms with van der Waals surface area (Å²) in [5, 5.41) is 1.38. The quantitative estimate of drug-likeness (QED) is 0.388. The maximum Gasteiger partial charge on any atom is 0.223 e. The van der Waals surface area contributed by atoms with Crippen molar-refractivity contribution in [2.24, 2.45) is 0 Å². The number of hydrogen-bond acceptors (Lipinski definition) is 2. The first-order valence-electron chi connectivity index (χ1n) is 2.23. The molecule has 1 amide bonds. The molecule has 0 aliphatic rings. The molecule has 3 heteroatoms. The molecule has 0 bridgehead atoms. The molecular weight excluding hydrogens is 92.1 g/mol. The molecule has 7 heavy (non-hydrogen) atoms. The topological polar surface area (TPSA) is 32.3 Å². The Balaban J connectivity index is 2.98. The number of carbonyl (C=O) groups excluding carboxylic acids is 1.